The van der Waals surface area contributed by atoms with E-state index in [-0.39, 0.29) is 19.1 Å². The van der Waals surface area contributed by atoms with Crippen LogP contribution in [0.3, 0.4) is 0 Å². The highest BCUT2D eigenvalue weighted by molar-refractivity contribution is 7.47. The van der Waals surface area contributed by atoms with Crippen LogP contribution >= 0.6 is 7.82 Å². The van der Waals surface area contributed by atoms with Crippen molar-refractivity contribution >= 4 is 13.7 Å². The van der Waals surface area contributed by atoms with E-state index in [4.69, 9.17) is 9.05 Å². The van der Waals surface area contributed by atoms with E-state index in [0.717, 1.165) is 44.9 Å². The fraction of sp³-hybridized carbons (Fsp3) is 0.896. The zero-order valence-electron chi connectivity index (χ0n) is 51.5. The summed E-state index contributed by atoms with van der Waals surface area (Å²) in [5.74, 6) is -0.173. The number of carbonyl (C=O) groups is 1. The molecule has 0 spiro atoms. The number of phosphoric acid groups is 1. The van der Waals surface area contributed by atoms with Gasteiger partial charge in [-0.05, 0) is 51.4 Å². The number of nitrogens with zero attached hydrogens (tertiary/aromatic N) is 1. The lowest BCUT2D eigenvalue weighted by Gasteiger charge is -2.25. The minimum absolute atomic E-state index is 0.0625. The molecule has 0 aliphatic carbocycles. The zero-order valence-corrected chi connectivity index (χ0v) is 52.4. The number of unbranched alkanes of at least 4 members (excludes halogenated alkanes) is 45. The topological polar surface area (TPSA) is 105 Å². The molecule has 3 unspecified atom stereocenters. The zero-order chi connectivity index (χ0) is 55.6. The molecule has 9 heteroatoms. The Kier molecular flexibility index (Phi) is 57.4. The normalized spacial score (nSPS) is 13.9. The Hall–Kier alpha value is -1.28. The summed E-state index contributed by atoms with van der Waals surface area (Å²) in [5.41, 5.74) is 0. The van der Waals surface area contributed by atoms with Gasteiger partial charge in [0.1, 0.15) is 13.2 Å². The van der Waals surface area contributed by atoms with Crippen LogP contribution < -0.4 is 5.32 Å². The highest BCUT2D eigenvalue weighted by Crippen LogP contribution is 2.43. The monoisotopic (exact) mass is 1090 g/mol. The van der Waals surface area contributed by atoms with Gasteiger partial charge >= 0.3 is 7.82 Å². The van der Waals surface area contributed by atoms with Gasteiger partial charge in [0.15, 0.2) is 0 Å². The van der Waals surface area contributed by atoms with Crippen LogP contribution in [0, 0.1) is 0 Å². The van der Waals surface area contributed by atoms with Gasteiger partial charge in [0.2, 0.25) is 5.91 Å². The van der Waals surface area contributed by atoms with Crippen molar-refractivity contribution in [1.29, 1.82) is 0 Å². The fourth-order valence-electron chi connectivity index (χ4n) is 10.1. The molecular formula is C67H132N2O6P+. The molecule has 0 heterocycles. The van der Waals surface area contributed by atoms with Gasteiger partial charge < -0.3 is 19.8 Å². The molecule has 450 valence electrons. The molecule has 0 saturated heterocycles. The maximum absolute atomic E-state index is 13.0. The van der Waals surface area contributed by atoms with E-state index < -0.39 is 20.0 Å². The Bertz CT molecular complexity index is 1330. The highest BCUT2D eigenvalue weighted by atomic mass is 31.2. The van der Waals surface area contributed by atoms with Crippen LogP contribution in [0.1, 0.15) is 335 Å². The number of hydrogen-bond acceptors (Lipinski definition) is 5. The van der Waals surface area contributed by atoms with Crippen molar-refractivity contribution in [2.45, 2.75) is 347 Å². The summed E-state index contributed by atoms with van der Waals surface area (Å²) in [6.07, 6.45) is 77.0. The van der Waals surface area contributed by atoms with Crippen LogP contribution in [0.4, 0.5) is 0 Å². The van der Waals surface area contributed by atoms with Crippen LogP contribution in [0.2, 0.25) is 0 Å². The first kappa shape index (κ1) is 74.7. The maximum Gasteiger partial charge on any atom is 0.472 e. The summed E-state index contributed by atoms with van der Waals surface area (Å²) < 4.78 is 23.8. The molecule has 0 bridgehead atoms. The van der Waals surface area contributed by atoms with Gasteiger partial charge in [-0.1, -0.05) is 314 Å². The van der Waals surface area contributed by atoms with E-state index >= 15 is 0 Å². The lowest BCUT2D eigenvalue weighted by atomic mass is 10.0. The molecule has 0 aromatic carbocycles. The molecule has 0 saturated carbocycles. The molecule has 0 aromatic rings. The van der Waals surface area contributed by atoms with Crippen LogP contribution in [0.25, 0.3) is 0 Å². The van der Waals surface area contributed by atoms with Crippen molar-refractivity contribution in [1.82, 2.24) is 5.32 Å². The number of aliphatic hydroxyl groups is 1. The maximum atomic E-state index is 13.0. The van der Waals surface area contributed by atoms with Gasteiger partial charge in [-0.2, -0.15) is 0 Å². The van der Waals surface area contributed by atoms with E-state index in [2.05, 4.69) is 43.5 Å². The quantitative estimate of drug-likeness (QED) is 0.0243. The molecule has 8 nitrogen and oxygen atoms in total. The molecule has 0 aliphatic heterocycles. The van der Waals surface area contributed by atoms with Crippen LogP contribution in [0.5, 0.6) is 0 Å². The van der Waals surface area contributed by atoms with Crippen molar-refractivity contribution in [3.05, 3.63) is 36.5 Å². The number of carbonyl (C=O) groups excluding carboxylic acids is 1. The number of hydrogen-bond donors (Lipinski definition) is 3. The first-order valence-electron chi connectivity index (χ1n) is 33.4. The molecule has 1 amide bonds. The molecule has 3 N–H and O–H groups in total. The van der Waals surface area contributed by atoms with Gasteiger partial charge in [0.25, 0.3) is 0 Å². The number of aliphatic hydroxyl groups excluding tert-OH is 1. The number of amides is 1. The number of quaternary nitrogens is 1. The number of phosphoric ester groups is 1. The third-order valence-electron chi connectivity index (χ3n) is 15.4. The van der Waals surface area contributed by atoms with Gasteiger partial charge in [0, 0.05) is 6.42 Å². The summed E-state index contributed by atoms with van der Waals surface area (Å²) in [6.45, 7) is 4.87. The van der Waals surface area contributed by atoms with E-state index in [9.17, 15) is 19.4 Å². The average molecular weight is 1090 g/mol. The van der Waals surface area contributed by atoms with Gasteiger partial charge in [-0.3, -0.25) is 13.8 Å². The number of rotatable bonds is 62. The minimum Gasteiger partial charge on any atom is -0.387 e. The first-order chi connectivity index (χ1) is 37.0. The van der Waals surface area contributed by atoms with Crippen molar-refractivity contribution in [2.24, 2.45) is 0 Å². The second-order valence-electron chi connectivity index (χ2n) is 24.2. The Balaban J connectivity index is 4.10. The number of nitrogens with one attached hydrogen (secondary N) is 1. The lowest BCUT2D eigenvalue weighted by molar-refractivity contribution is -0.870. The van der Waals surface area contributed by atoms with Crippen molar-refractivity contribution in [3.8, 4) is 0 Å². The first-order valence-corrected chi connectivity index (χ1v) is 34.9. The highest BCUT2D eigenvalue weighted by Gasteiger charge is 2.28. The third kappa shape index (κ3) is 60.4. The van der Waals surface area contributed by atoms with E-state index in [1.165, 1.54) is 270 Å². The Labute approximate surface area is 474 Å². The summed E-state index contributed by atoms with van der Waals surface area (Å²) in [4.78, 5) is 23.4. The lowest BCUT2D eigenvalue weighted by Crippen LogP contribution is -2.45. The van der Waals surface area contributed by atoms with E-state index in [0.29, 0.717) is 17.4 Å². The van der Waals surface area contributed by atoms with Crippen molar-refractivity contribution < 1.29 is 32.9 Å². The molecule has 0 aromatic heterocycles. The summed E-state index contributed by atoms with van der Waals surface area (Å²) in [7, 11) is 1.58. The predicted molar refractivity (Wildman–Crippen MR) is 332 cm³/mol. The summed E-state index contributed by atoms with van der Waals surface area (Å²) in [5, 5.41) is 14.0. The van der Waals surface area contributed by atoms with Gasteiger partial charge in [-0.25, -0.2) is 4.57 Å². The molecule has 76 heavy (non-hydrogen) atoms. The van der Waals surface area contributed by atoms with Crippen LogP contribution in [-0.2, 0) is 18.4 Å². The molecular weight excluding hydrogens is 960 g/mol. The average Bonchev–Trinajstić information content (AvgIpc) is 3.38. The second kappa shape index (κ2) is 58.4. The third-order valence-corrected chi connectivity index (χ3v) is 16.3. The Morgan fingerprint density at radius 2 is 0.750 bits per heavy atom. The Morgan fingerprint density at radius 3 is 1.08 bits per heavy atom. The largest absolute Gasteiger partial charge is 0.472 e. The minimum atomic E-state index is -4.35. The standard InChI is InChI=1S/C67H131N2O6P/c1-6-8-10-12-14-16-18-20-22-24-26-28-30-32-33-34-35-37-39-41-43-45-47-49-51-53-55-57-59-61-67(71)68-65(64-75-76(72,73)74-63-62-69(3,4)5)66(70)60-58-56-54-52-50-48-46-44-42-40-38-36-31-29-27-25-23-21-19-17-15-13-11-9-7-2/h26,28,32-33,58,60,65-66,70H,6-25,27,29-31,34-57,59,61-64H2,1-5H3,(H-,68,71,72,73)/p+1/b28-26-,33-32-,60-58+. The van der Waals surface area contributed by atoms with Gasteiger partial charge in [0.05, 0.1) is 39.9 Å². The second-order valence-corrected chi connectivity index (χ2v) is 25.7. The molecule has 0 fully saturated rings. The Morgan fingerprint density at radius 1 is 0.447 bits per heavy atom. The van der Waals surface area contributed by atoms with Crippen molar-refractivity contribution in [3.63, 3.8) is 0 Å². The smallest absolute Gasteiger partial charge is 0.387 e. The van der Waals surface area contributed by atoms with Gasteiger partial charge in [-0.15, -0.1) is 0 Å². The predicted octanol–water partition coefficient (Wildman–Crippen LogP) is 20.9. The molecule has 0 aliphatic rings. The summed E-state index contributed by atoms with van der Waals surface area (Å²) >= 11 is 0. The molecule has 0 rings (SSSR count). The van der Waals surface area contributed by atoms with Crippen molar-refractivity contribution in [2.75, 3.05) is 40.9 Å². The number of likely N-dealkylation sites (N-methyl/N-ethyl adjacent to an activating group) is 1. The van der Waals surface area contributed by atoms with Crippen LogP contribution in [0.15, 0.2) is 36.5 Å². The summed E-state index contributed by atoms with van der Waals surface area (Å²) in [6, 6.07) is -0.848. The SMILES string of the molecule is CCCCCCCCCCC/C=C\C/C=C\CCCCCCCCCCCCCCCC(=O)NC(COP(=O)(O)OCC[N+](C)(C)C)C(O)/C=C/CCCCCCCCCCCCCCCCCCCCCCCCC. The van der Waals surface area contributed by atoms with Crippen LogP contribution in [-0.4, -0.2) is 73.4 Å². The fourth-order valence-corrected chi connectivity index (χ4v) is 10.9. The number of allylic oxidation sites excluding steroid dienone is 5. The van der Waals surface area contributed by atoms with E-state index in [1.54, 1.807) is 6.08 Å². The molecule has 3 atom stereocenters. The van der Waals surface area contributed by atoms with E-state index in [1.807, 2.05) is 27.2 Å². The molecule has 0 radical (unpaired) electrons.